The Bertz CT molecular complexity index is 859. The molecule has 0 saturated heterocycles. The number of esters is 1. The molecule has 2 heterocycles. The minimum atomic E-state index is -0.340. The normalized spacial score (nSPS) is 12.8. The van der Waals surface area contributed by atoms with Gasteiger partial charge in [0.25, 0.3) is 0 Å². The van der Waals surface area contributed by atoms with Crippen LogP contribution in [-0.4, -0.2) is 40.2 Å². The van der Waals surface area contributed by atoms with Crippen molar-refractivity contribution in [2.45, 2.75) is 66.5 Å². The van der Waals surface area contributed by atoms with Crippen molar-refractivity contribution in [2.75, 3.05) is 13.2 Å². The van der Waals surface area contributed by atoms with Crippen molar-refractivity contribution in [2.24, 2.45) is 4.99 Å². The second-order valence-electron chi connectivity index (χ2n) is 7.51. The fraction of sp³-hybridized carbons (Fsp3) is 0.632. The summed E-state index contributed by atoms with van der Waals surface area (Å²) in [6.45, 7) is 14.9. The van der Waals surface area contributed by atoms with Crippen LogP contribution < -0.4 is 10.6 Å². The zero-order valence-corrected chi connectivity index (χ0v) is 21.7. The number of carbonyl (C=O) groups excluding carboxylic acids is 1. The Morgan fingerprint density at radius 1 is 1.30 bits per heavy atom. The molecule has 2 N–H and O–H groups in total. The molecule has 168 valence electrons. The Hall–Kier alpha value is -1.76. The van der Waals surface area contributed by atoms with Crippen molar-refractivity contribution in [1.29, 1.82) is 0 Å². The smallest absolute Gasteiger partial charge is 0.350 e. The second kappa shape index (κ2) is 11.6. The minimum Gasteiger partial charge on any atom is -0.462 e. The number of hydrogen-bond donors (Lipinski definition) is 2. The number of rotatable bonds is 7. The second-order valence-corrected chi connectivity index (χ2v) is 8.54. The number of aryl methyl sites for hydroxylation is 1. The number of aliphatic imine (C=N–C) groups is 1. The van der Waals surface area contributed by atoms with E-state index in [1.807, 2.05) is 34.6 Å². The topological polar surface area (TPSA) is 115 Å². The molecule has 30 heavy (non-hydrogen) atoms. The fourth-order valence-electron chi connectivity index (χ4n) is 2.35. The average Bonchev–Trinajstić information content (AvgIpc) is 3.26. The molecule has 0 bridgehead atoms. The highest BCUT2D eigenvalue weighted by Crippen LogP contribution is 2.24. The number of halogens is 1. The lowest BCUT2D eigenvalue weighted by atomic mass is 9.97. The van der Waals surface area contributed by atoms with Crippen LogP contribution in [0.2, 0.25) is 0 Å². The monoisotopic (exact) mass is 550 g/mol. The van der Waals surface area contributed by atoms with E-state index in [4.69, 9.17) is 9.26 Å². The minimum absolute atomic E-state index is 0. The Kier molecular flexibility index (Phi) is 10.1. The predicted molar refractivity (Wildman–Crippen MR) is 128 cm³/mol. The van der Waals surface area contributed by atoms with E-state index in [-0.39, 0.29) is 47.9 Å². The molecule has 1 unspecified atom stereocenters. The Morgan fingerprint density at radius 2 is 2.00 bits per heavy atom. The molecule has 0 aliphatic heterocycles. The first-order valence-corrected chi connectivity index (χ1v) is 10.5. The van der Waals surface area contributed by atoms with Crippen LogP contribution in [0.25, 0.3) is 0 Å². The van der Waals surface area contributed by atoms with E-state index in [9.17, 15) is 4.79 Å². The third-order valence-corrected chi connectivity index (χ3v) is 5.15. The molecule has 2 rings (SSSR count). The lowest BCUT2D eigenvalue weighted by Crippen LogP contribution is -2.38. The number of nitrogens with one attached hydrogen (secondary N) is 2. The van der Waals surface area contributed by atoms with Gasteiger partial charge >= 0.3 is 5.97 Å². The van der Waals surface area contributed by atoms with Crippen LogP contribution in [0.4, 0.5) is 0 Å². The van der Waals surface area contributed by atoms with Crippen molar-refractivity contribution < 1.29 is 14.1 Å². The number of ether oxygens (including phenoxy) is 1. The summed E-state index contributed by atoms with van der Waals surface area (Å²) >= 11 is 1.33. The molecule has 0 aliphatic carbocycles. The number of hydrogen-bond acceptors (Lipinski definition) is 8. The van der Waals surface area contributed by atoms with Crippen molar-refractivity contribution in [3.05, 3.63) is 27.3 Å². The molecule has 0 aliphatic rings. The highest BCUT2D eigenvalue weighted by atomic mass is 127. The van der Waals surface area contributed by atoms with E-state index in [2.05, 4.69) is 30.8 Å². The van der Waals surface area contributed by atoms with Gasteiger partial charge in [-0.05, 0) is 27.7 Å². The predicted octanol–water partition coefficient (Wildman–Crippen LogP) is 3.74. The third kappa shape index (κ3) is 7.18. The van der Waals surface area contributed by atoms with Gasteiger partial charge in [0.1, 0.15) is 16.4 Å². The van der Waals surface area contributed by atoms with Gasteiger partial charge < -0.3 is 19.9 Å². The number of thiazole rings is 1. The van der Waals surface area contributed by atoms with E-state index < -0.39 is 0 Å². The van der Waals surface area contributed by atoms with Crippen LogP contribution in [0, 0.1) is 6.92 Å². The Balaban J connectivity index is 0.00000450. The van der Waals surface area contributed by atoms with Gasteiger partial charge in [-0.15, -0.1) is 35.3 Å². The average molecular weight is 550 g/mol. The van der Waals surface area contributed by atoms with E-state index in [0.717, 1.165) is 5.01 Å². The van der Waals surface area contributed by atoms with E-state index in [1.165, 1.54) is 11.3 Å². The van der Waals surface area contributed by atoms with Gasteiger partial charge in [0.05, 0.1) is 18.3 Å². The number of aromatic nitrogens is 3. The first-order valence-electron chi connectivity index (χ1n) is 9.68. The number of nitrogens with zero attached hydrogens (tertiary/aromatic N) is 4. The Labute approximate surface area is 198 Å². The van der Waals surface area contributed by atoms with Crippen LogP contribution in [0.1, 0.15) is 79.7 Å². The molecule has 2 aromatic heterocycles. The van der Waals surface area contributed by atoms with Crippen molar-refractivity contribution >= 4 is 47.2 Å². The van der Waals surface area contributed by atoms with Gasteiger partial charge in [-0.25, -0.2) is 14.8 Å². The summed E-state index contributed by atoms with van der Waals surface area (Å²) in [6, 6.07) is -0.143. The first kappa shape index (κ1) is 26.3. The lowest BCUT2D eigenvalue weighted by Gasteiger charge is -2.15. The van der Waals surface area contributed by atoms with E-state index in [1.54, 1.807) is 13.8 Å². The first-order chi connectivity index (χ1) is 13.7. The van der Waals surface area contributed by atoms with Gasteiger partial charge in [0.2, 0.25) is 5.89 Å². The van der Waals surface area contributed by atoms with Gasteiger partial charge in [-0.1, -0.05) is 25.9 Å². The molecule has 0 spiro atoms. The maximum absolute atomic E-state index is 12.0. The molecule has 0 fully saturated rings. The standard InChI is InChI=1S/C19H30N6O3S.HI/c1-8-20-18(21-10-13-24-17(28-25-13)19(5,6)7)23-12(4)15-22-11(3)14(29-15)16(26)27-9-2;/h12H,8-10H2,1-7H3,(H2,20,21,23);1H. The summed E-state index contributed by atoms with van der Waals surface area (Å²) in [4.78, 5) is 26.0. The molecule has 1 atom stereocenters. The highest BCUT2D eigenvalue weighted by molar-refractivity contribution is 14.0. The quantitative estimate of drug-likeness (QED) is 0.232. The maximum Gasteiger partial charge on any atom is 0.350 e. The molecule has 0 aromatic carbocycles. The van der Waals surface area contributed by atoms with Crippen molar-refractivity contribution in [3.8, 4) is 0 Å². The summed E-state index contributed by atoms with van der Waals surface area (Å²) < 4.78 is 10.4. The molecular weight excluding hydrogens is 519 g/mol. The molecule has 2 aromatic rings. The summed E-state index contributed by atoms with van der Waals surface area (Å²) in [5.41, 5.74) is 0.464. The van der Waals surface area contributed by atoms with Crippen molar-refractivity contribution in [3.63, 3.8) is 0 Å². The van der Waals surface area contributed by atoms with Crippen LogP contribution in [-0.2, 0) is 16.7 Å². The molecule has 9 nitrogen and oxygen atoms in total. The molecule has 0 amide bonds. The summed E-state index contributed by atoms with van der Waals surface area (Å²) in [5, 5.41) is 11.3. The fourth-order valence-corrected chi connectivity index (χ4v) is 3.31. The van der Waals surface area contributed by atoms with Crippen LogP contribution in [0.15, 0.2) is 9.52 Å². The molecule has 0 radical (unpaired) electrons. The zero-order chi connectivity index (χ0) is 21.6. The number of carbonyl (C=O) groups is 1. The van der Waals surface area contributed by atoms with Gasteiger partial charge in [0, 0.05) is 12.0 Å². The lowest BCUT2D eigenvalue weighted by molar-refractivity contribution is 0.0531. The van der Waals surface area contributed by atoms with Crippen LogP contribution >= 0.6 is 35.3 Å². The molecule has 0 saturated carbocycles. The zero-order valence-electron chi connectivity index (χ0n) is 18.5. The molecular formula is C19H31IN6O3S. The summed E-state index contributed by atoms with van der Waals surface area (Å²) in [6.07, 6.45) is 0. The van der Waals surface area contributed by atoms with Crippen LogP contribution in [0.3, 0.4) is 0 Å². The van der Waals surface area contributed by atoms with Crippen molar-refractivity contribution in [1.82, 2.24) is 25.8 Å². The van der Waals surface area contributed by atoms with E-state index >= 15 is 0 Å². The summed E-state index contributed by atoms with van der Waals surface area (Å²) in [5.74, 6) is 1.37. The SMILES string of the molecule is CCNC(=NCc1noc(C(C)(C)C)n1)NC(C)c1nc(C)c(C(=O)OCC)s1.I. The largest absolute Gasteiger partial charge is 0.462 e. The summed E-state index contributed by atoms with van der Waals surface area (Å²) in [7, 11) is 0. The maximum atomic E-state index is 12.0. The van der Waals surface area contributed by atoms with Gasteiger partial charge in [-0.3, -0.25) is 0 Å². The number of guanidine groups is 1. The van der Waals surface area contributed by atoms with E-state index in [0.29, 0.717) is 41.4 Å². The molecule has 11 heteroatoms. The van der Waals surface area contributed by atoms with Gasteiger partial charge in [-0.2, -0.15) is 4.98 Å². The van der Waals surface area contributed by atoms with Gasteiger partial charge in [0.15, 0.2) is 11.8 Å². The highest BCUT2D eigenvalue weighted by Gasteiger charge is 2.22. The van der Waals surface area contributed by atoms with Crippen LogP contribution in [0.5, 0.6) is 0 Å². The Morgan fingerprint density at radius 3 is 2.57 bits per heavy atom. The third-order valence-electron chi connectivity index (χ3n) is 3.83.